The largest absolute Gasteiger partial charge is 0.487 e. The summed E-state index contributed by atoms with van der Waals surface area (Å²) in [7, 11) is 0. The van der Waals surface area contributed by atoms with E-state index in [1.54, 1.807) is 0 Å². The number of para-hydroxylation sites is 1. The second kappa shape index (κ2) is 6.20. The van der Waals surface area contributed by atoms with Crippen LogP contribution < -0.4 is 10.1 Å². The minimum atomic E-state index is 0.451. The highest BCUT2D eigenvalue weighted by atomic mass is 32.1. The van der Waals surface area contributed by atoms with E-state index in [4.69, 9.17) is 4.74 Å². The Kier molecular flexibility index (Phi) is 4.32. The van der Waals surface area contributed by atoms with Crippen LogP contribution in [0, 0.1) is 0 Å². The van der Waals surface area contributed by atoms with Crippen molar-refractivity contribution in [2.45, 2.75) is 20.0 Å². The minimum absolute atomic E-state index is 0.451. The molecular formula is C12H15N3OS. The molecule has 0 saturated heterocycles. The fourth-order valence-electron chi connectivity index (χ4n) is 1.34. The van der Waals surface area contributed by atoms with Gasteiger partial charge in [0.1, 0.15) is 23.1 Å². The summed E-state index contributed by atoms with van der Waals surface area (Å²) < 4.78 is 9.57. The van der Waals surface area contributed by atoms with Gasteiger partial charge in [-0.3, -0.25) is 0 Å². The van der Waals surface area contributed by atoms with E-state index in [2.05, 4.69) is 21.8 Å². The molecule has 1 N–H and O–H groups in total. The van der Waals surface area contributed by atoms with Gasteiger partial charge >= 0.3 is 0 Å². The average Bonchev–Trinajstić information content (AvgIpc) is 2.82. The van der Waals surface area contributed by atoms with E-state index in [0.717, 1.165) is 29.4 Å². The first-order valence-corrected chi connectivity index (χ1v) is 6.40. The van der Waals surface area contributed by atoms with Gasteiger partial charge in [-0.2, -0.15) is 0 Å². The lowest BCUT2D eigenvalue weighted by atomic mass is 10.3. The molecule has 1 heterocycles. The molecule has 0 aliphatic heterocycles. The van der Waals surface area contributed by atoms with Gasteiger partial charge < -0.3 is 10.1 Å². The van der Waals surface area contributed by atoms with Crippen LogP contribution in [-0.2, 0) is 6.61 Å². The van der Waals surface area contributed by atoms with Crippen molar-refractivity contribution in [3.05, 3.63) is 36.0 Å². The lowest BCUT2D eigenvalue weighted by molar-refractivity contribution is 0.301. The van der Waals surface area contributed by atoms with Crippen LogP contribution in [-0.4, -0.2) is 16.1 Å². The molecule has 0 spiro atoms. The molecule has 90 valence electrons. The van der Waals surface area contributed by atoms with Crippen LogP contribution >= 0.6 is 11.5 Å². The molecule has 0 aliphatic carbocycles. The second-order valence-electron chi connectivity index (χ2n) is 3.58. The number of nitrogens with one attached hydrogen (secondary N) is 1. The van der Waals surface area contributed by atoms with Crippen molar-refractivity contribution in [1.82, 2.24) is 9.59 Å². The van der Waals surface area contributed by atoms with E-state index in [-0.39, 0.29) is 0 Å². The number of hydrogen-bond acceptors (Lipinski definition) is 5. The molecular weight excluding hydrogens is 234 g/mol. The van der Waals surface area contributed by atoms with Crippen LogP contribution in [0.2, 0.25) is 0 Å². The van der Waals surface area contributed by atoms with Gasteiger partial charge in [-0.15, -0.1) is 5.10 Å². The van der Waals surface area contributed by atoms with Crippen LogP contribution in [0.5, 0.6) is 5.75 Å². The maximum Gasteiger partial charge on any atom is 0.136 e. The molecule has 0 amide bonds. The first kappa shape index (κ1) is 11.9. The molecule has 0 bridgehead atoms. The molecule has 1 aromatic heterocycles. The van der Waals surface area contributed by atoms with Crippen molar-refractivity contribution in [3.8, 4) is 5.75 Å². The molecule has 0 radical (unpaired) electrons. The number of anilines is 1. The number of ether oxygens (including phenoxy) is 1. The van der Waals surface area contributed by atoms with Crippen LogP contribution in [0.4, 0.5) is 5.00 Å². The lowest BCUT2D eigenvalue weighted by Gasteiger charge is -2.06. The predicted octanol–water partition coefficient (Wildman–Crippen LogP) is 2.94. The molecule has 0 aliphatic rings. The van der Waals surface area contributed by atoms with Gasteiger partial charge in [0.2, 0.25) is 0 Å². The van der Waals surface area contributed by atoms with Gasteiger partial charge in [-0.1, -0.05) is 29.6 Å². The Bertz CT molecular complexity index is 444. The third kappa shape index (κ3) is 3.42. The molecule has 2 aromatic rings. The second-order valence-corrected chi connectivity index (χ2v) is 4.33. The third-order valence-corrected chi connectivity index (χ3v) is 2.94. The summed E-state index contributed by atoms with van der Waals surface area (Å²) in [6, 6.07) is 9.72. The zero-order valence-electron chi connectivity index (χ0n) is 9.72. The van der Waals surface area contributed by atoms with Crippen molar-refractivity contribution in [1.29, 1.82) is 0 Å². The van der Waals surface area contributed by atoms with E-state index in [1.165, 1.54) is 11.5 Å². The first-order valence-electron chi connectivity index (χ1n) is 5.63. The topological polar surface area (TPSA) is 47.0 Å². The molecule has 0 saturated carbocycles. The van der Waals surface area contributed by atoms with Crippen LogP contribution in [0.3, 0.4) is 0 Å². The Hall–Kier alpha value is -1.62. The predicted molar refractivity (Wildman–Crippen MR) is 69.5 cm³/mol. The maximum atomic E-state index is 5.64. The highest BCUT2D eigenvalue weighted by molar-refractivity contribution is 7.10. The summed E-state index contributed by atoms with van der Waals surface area (Å²) in [4.78, 5) is 0. The van der Waals surface area contributed by atoms with Crippen LogP contribution in [0.1, 0.15) is 19.0 Å². The van der Waals surface area contributed by atoms with Gasteiger partial charge in [0, 0.05) is 18.1 Å². The Balaban J connectivity index is 1.92. The van der Waals surface area contributed by atoms with E-state index in [9.17, 15) is 0 Å². The number of hydrogen-bond donors (Lipinski definition) is 1. The summed E-state index contributed by atoms with van der Waals surface area (Å²) in [5.41, 5.74) is 0.868. The van der Waals surface area contributed by atoms with Gasteiger partial charge in [0.15, 0.2) is 0 Å². The molecule has 5 heteroatoms. The third-order valence-electron chi connectivity index (χ3n) is 2.21. The number of aromatic nitrogens is 2. The number of rotatable bonds is 6. The van der Waals surface area contributed by atoms with Crippen molar-refractivity contribution >= 4 is 16.5 Å². The maximum absolute atomic E-state index is 5.64. The Morgan fingerprint density at radius 3 is 2.88 bits per heavy atom. The molecule has 4 nitrogen and oxygen atoms in total. The monoisotopic (exact) mass is 249 g/mol. The zero-order chi connectivity index (χ0) is 11.9. The Morgan fingerprint density at radius 1 is 1.29 bits per heavy atom. The van der Waals surface area contributed by atoms with Crippen LogP contribution in [0.25, 0.3) is 0 Å². The van der Waals surface area contributed by atoms with E-state index in [0.29, 0.717) is 6.61 Å². The Labute approximate surface area is 105 Å². The summed E-state index contributed by atoms with van der Waals surface area (Å²) in [5, 5.41) is 8.36. The van der Waals surface area contributed by atoms with Gasteiger partial charge in [-0.05, 0) is 18.6 Å². The van der Waals surface area contributed by atoms with Gasteiger partial charge in [-0.25, -0.2) is 0 Å². The van der Waals surface area contributed by atoms with Crippen molar-refractivity contribution in [3.63, 3.8) is 0 Å². The SMILES string of the molecule is CCCNc1snnc1COc1ccccc1. The Morgan fingerprint density at radius 2 is 2.12 bits per heavy atom. The van der Waals surface area contributed by atoms with Crippen molar-refractivity contribution < 1.29 is 4.74 Å². The van der Waals surface area contributed by atoms with E-state index < -0.39 is 0 Å². The standard InChI is InChI=1S/C12H15N3OS/c1-2-8-13-12-11(14-15-17-12)9-16-10-6-4-3-5-7-10/h3-7,13H,2,8-9H2,1H3. The highest BCUT2D eigenvalue weighted by Crippen LogP contribution is 2.19. The van der Waals surface area contributed by atoms with Crippen molar-refractivity contribution in [2.75, 3.05) is 11.9 Å². The zero-order valence-corrected chi connectivity index (χ0v) is 10.5. The fourth-order valence-corrected chi connectivity index (χ4v) is 1.94. The van der Waals surface area contributed by atoms with Gasteiger partial charge in [0.05, 0.1) is 0 Å². The quantitative estimate of drug-likeness (QED) is 0.855. The lowest BCUT2D eigenvalue weighted by Crippen LogP contribution is -2.03. The molecule has 0 atom stereocenters. The fraction of sp³-hybridized carbons (Fsp3) is 0.333. The number of nitrogens with zero attached hydrogens (tertiary/aromatic N) is 2. The summed E-state index contributed by atoms with van der Waals surface area (Å²) in [6.07, 6.45) is 1.08. The molecule has 0 unspecified atom stereocenters. The van der Waals surface area contributed by atoms with Gasteiger partial charge in [0.25, 0.3) is 0 Å². The normalized spacial score (nSPS) is 10.2. The van der Waals surface area contributed by atoms with Crippen LogP contribution in [0.15, 0.2) is 30.3 Å². The average molecular weight is 249 g/mol. The molecule has 0 fully saturated rings. The summed E-state index contributed by atoms with van der Waals surface area (Å²) in [6.45, 7) is 3.51. The van der Waals surface area contributed by atoms with E-state index in [1.807, 2.05) is 30.3 Å². The highest BCUT2D eigenvalue weighted by Gasteiger charge is 2.07. The molecule has 1 aromatic carbocycles. The summed E-state index contributed by atoms with van der Waals surface area (Å²) in [5.74, 6) is 0.849. The molecule has 17 heavy (non-hydrogen) atoms. The smallest absolute Gasteiger partial charge is 0.136 e. The van der Waals surface area contributed by atoms with Crippen molar-refractivity contribution in [2.24, 2.45) is 0 Å². The summed E-state index contributed by atoms with van der Waals surface area (Å²) >= 11 is 1.37. The minimum Gasteiger partial charge on any atom is -0.487 e. The number of benzene rings is 1. The first-order chi connectivity index (χ1) is 8.40. The molecule has 2 rings (SSSR count). The van der Waals surface area contributed by atoms with E-state index >= 15 is 0 Å².